The van der Waals surface area contributed by atoms with E-state index in [2.05, 4.69) is 26.3 Å². The Morgan fingerprint density at radius 2 is 2.28 bits per heavy atom. The molecular formula is C13H18ClN3S. The molecule has 1 saturated carbocycles. The van der Waals surface area contributed by atoms with Crippen LogP contribution in [0.4, 0.5) is 0 Å². The minimum Gasteiger partial charge on any atom is -0.307 e. The molecule has 0 radical (unpaired) electrons. The third-order valence-corrected chi connectivity index (χ3v) is 4.91. The van der Waals surface area contributed by atoms with Crippen LogP contribution in [0.15, 0.2) is 17.8 Å². The average Bonchev–Trinajstić information content (AvgIpc) is 2.86. The maximum absolute atomic E-state index is 6.42. The number of imidazole rings is 1. The number of halogens is 1. The van der Waals surface area contributed by atoms with Crippen LogP contribution < -0.4 is 5.32 Å². The van der Waals surface area contributed by atoms with Crippen molar-refractivity contribution in [3.05, 3.63) is 23.5 Å². The molecule has 2 atom stereocenters. The van der Waals surface area contributed by atoms with Crippen LogP contribution in [0.25, 0.3) is 4.96 Å². The van der Waals surface area contributed by atoms with E-state index in [9.17, 15) is 0 Å². The van der Waals surface area contributed by atoms with Gasteiger partial charge >= 0.3 is 0 Å². The second-order valence-electron chi connectivity index (χ2n) is 4.97. The molecule has 0 amide bonds. The predicted molar refractivity (Wildman–Crippen MR) is 76.4 cm³/mol. The normalized spacial score (nSPS) is 25.4. The van der Waals surface area contributed by atoms with Gasteiger partial charge in [-0.25, -0.2) is 4.98 Å². The molecule has 5 heteroatoms. The zero-order chi connectivity index (χ0) is 12.4. The van der Waals surface area contributed by atoms with E-state index in [1.54, 1.807) is 11.3 Å². The largest absolute Gasteiger partial charge is 0.307 e. The minimum atomic E-state index is 0.274. The first kappa shape index (κ1) is 12.5. The quantitative estimate of drug-likeness (QED) is 0.691. The van der Waals surface area contributed by atoms with Crippen molar-refractivity contribution in [3.8, 4) is 0 Å². The number of thiazole rings is 1. The number of hydrogen-bond acceptors (Lipinski definition) is 3. The van der Waals surface area contributed by atoms with Crippen LogP contribution in [-0.4, -0.2) is 20.8 Å². The first-order valence-corrected chi connectivity index (χ1v) is 7.93. The molecule has 0 spiro atoms. The topological polar surface area (TPSA) is 29.3 Å². The Morgan fingerprint density at radius 1 is 1.39 bits per heavy atom. The first-order chi connectivity index (χ1) is 8.83. The number of rotatable bonds is 3. The summed E-state index contributed by atoms with van der Waals surface area (Å²) >= 11 is 8.10. The van der Waals surface area contributed by atoms with E-state index in [4.69, 9.17) is 11.6 Å². The number of nitrogens with zero attached hydrogens (tertiary/aromatic N) is 2. The maximum atomic E-state index is 6.42. The lowest BCUT2D eigenvalue weighted by Gasteiger charge is -2.20. The van der Waals surface area contributed by atoms with Crippen LogP contribution in [0, 0.1) is 0 Å². The Labute approximate surface area is 116 Å². The zero-order valence-corrected chi connectivity index (χ0v) is 11.9. The van der Waals surface area contributed by atoms with Gasteiger partial charge in [0.25, 0.3) is 0 Å². The van der Waals surface area contributed by atoms with Gasteiger partial charge < -0.3 is 5.32 Å². The van der Waals surface area contributed by atoms with Crippen molar-refractivity contribution >= 4 is 27.9 Å². The summed E-state index contributed by atoms with van der Waals surface area (Å²) in [5, 5.41) is 5.90. The van der Waals surface area contributed by atoms with Crippen molar-refractivity contribution in [2.24, 2.45) is 0 Å². The molecule has 18 heavy (non-hydrogen) atoms. The van der Waals surface area contributed by atoms with E-state index >= 15 is 0 Å². The number of nitrogens with one attached hydrogen (secondary N) is 1. The van der Waals surface area contributed by atoms with Gasteiger partial charge in [-0.15, -0.1) is 22.9 Å². The van der Waals surface area contributed by atoms with Crippen LogP contribution in [0.2, 0.25) is 0 Å². The van der Waals surface area contributed by atoms with Gasteiger partial charge in [0.15, 0.2) is 4.96 Å². The molecule has 3 nitrogen and oxygen atoms in total. The van der Waals surface area contributed by atoms with Crippen LogP contribution in [0.5, 0.6) is 0 Å². The fourth-order valence-corrected chi connectivity index (χ4v) is 3.68. The fourth-order valence-electron chi connectivity index (χ4n) is 2.59. The van der Waals surface area contributed by atoms with Gasteiger partial charge in [0, 0.05) is 35.7 Å². The number of fused-ring (bicyclic) bond motifs is 1. The molecule has 2 heterocycles. The van der Waals surface area contributed by atoms with Gasteiger partial charge in [0.2, 0.25) is 0 Å². The maximum Gasteiger partial charge on any atom is 0.193 e. The highest BCUT2D eigenvalue weighted by atomic mass is 35.5. The molecule has 3 rings (SSSR count). The highest BCUT2D eigenvalue weighted by Crippen LogP contribution is 2.22. The molecule has 1 N–H and O–H groups in total. The second kappa shape index (κ2) is 5.59. The van der Waals surface area contributed by atoms with Crippen molar-refractivity contribution in [2.45, 2.75) is 50.1 Å². The predicted octanol–water partition coefficient (Wildman–Crippen LogP) is 3.43. The van der Waals surface area contributed by atoms with Gasteiger partial charge in [-0.1, -0.05) is 19.3 Å². The van der Waals surface area contributed by atoms with Crippen molar-refractivity contribution in [1.82, 2.24) is 14.7 Å². The van der Waals surface area contributed by atoms with Gasteiger partial charge in [-0.05, 0) is 12.8 Å². The highest BCUT2D eigenvalue weighted by Gasteiger charge is 2.21. The van der Waals surface area contributed by atoms with Crippen molar-refractivity contribution < 1.29 is 0 Å². The lowest BCUT2D eigenvalue weighted by molar-refractivity contribution is 0.462. The molecule has 1 aliphatic carbocycles. The molecule has 0 aliphatic heterocycles. The SMILES string of the molecule is ClC1CCCCCC1NCc1cn2ccsc2n1. The van der Waals surface area contributed by atoms with Gasteiger partial charge in [0.05, 0.1) is 5.69 Å². The van der Waals surface area contributed by atoms with Crippen molar-refractivity contribution in [3.63, 3.8) is 0 Å². The first-order valence-electron chi connectivity index (χ1n) is 6.61. The molecule has 2 unspecified atom stereocenters. The van der Waals surface area contributed by atoms with E-state index in [0.717, 1.165) is 23.6 Å². The third kappa shape index (κ3) is 2.71. The summed E-state index contributed by atoms with van der Waals surface area (Å²) in [5.41, 5.74) is 1.11. The molecule has 2 aromatic rings. The lowest BCUT2D eigenvalue weighted by Crippen LogP contribution is -2.35. The van der Waals surface area contributed by atoms with Gasteiger partial charge in [-0.3, -0.25) is 4.40 Å². The molecule has 0 aromatic carbocycles. The summed E-state index contributed by atoms with van der Waals surface area (Å²) in [6.07, 6.45) is 10.4. The molecule has 98 valence electrons. The van der Waals surface area contributed by atoms with E-state index in [-0.39, 0.29) is 5.38 Å². The zero-order valence-electron chi connectivity index (χ0n) is 10.3. The fraction of sp³-hybridized carbons (Fsp3) is 0.615. The van der Waals surface area contributed by atoms with Crippen LogP contribution in [0.3, 0.4) is 0 Å². The Kier molecular flexibility index (Phi) is 3.87. The summed E-state index contributed by atoms with van der Waals surface area (Å²) in [7, 11) is 0. The Balaban J connectivity index is 1.61. The third-order valence-electron chi connectivity index (χ3n) is 3.62. The van der Waals surface area contributed by atoms with E-state index < -0.39 is 0 Å². The molecule has 0 bridgehead atoms. The Bertz CT molecular complexity index is 479. The van der Waals surface area contributed by atoms with E-state index in [0.29, 0.717) is 6.04 Å². The van der Waals surface area contributed by atoms with Crippen LogP contribution in [0.1, 0.15) is 37.8 Å². The molecule has 0 saturated heterocycles. The Morgan fingerprint density at radius 3 is 3.17 bits per heavy atom. The summed E-state index contributed by atoms with van der Waals surface area (Å²) in [6, 6.07) is 0.439. The highest BCUT2D eigenvalue weighted by molar-refractivity contribution is 7.15. The molecule has 1 aliphatic rings. The summed E-state index contributed by atoms with van der Waals surface area (Å²) < 4.78 is 2.08. The molecule has 2 aromatic heterocycles. The van der Waals surface area contributed by atoms with Gasteiger partial charge in [0.1, 0.15) is 0 Å². The minimum absolute atomic E-state index is 0.274. The summed E-state index contributed by atoms with van der Waals surface area (Å²) in [5.74, 6) is 0. The van der Waals surface area contributed by atoms with Crippen LogP contribution in [-0.2, 0) is 6.54 Å². The second-order valence-corrected chi connectivity index (χ2v) is 6.40. The number of aromatic nitrogens is 2. The number of hydrogen-bond donors (Lipinski definition) is 1. The molecular weight excluding hydrogens is 266 g/mol. The summed E-state index contributed by atoms with van der Waals surface area (Å²) in [4.78, 5) is 5.65. The van der Waals surface area contributed by atoms with Gasteiger partial charge in [-0.2, -0.15) is 0 Å². The lowest BCUT2D eigenvalue weighted by atomic mass is 10.1. The smallest absolute Gasteiger partial charge is 0.193 e. The average molecular weight is 284 g/mol. The standard InChI is InChI=1S/C13H18ClN3S/c14-11-4-2-1-3-5-12(11)15-8-10-9-17-6-7-18-13(17)16-10/h6-7,9,11-12,15H,1-5,8H2. The van der Waals surface area contributed by atoms with Crippen molar-refractivity contribution in [2.75, 3.05) is 0 Å². The molecule has 1 fully saturated rings. The summed E-state index contributed by atoms with van der Waals surface area (Å²) in [6.45, 7) is 0.822. The number of alkyl halides is 1. The van der Waals surface area contributed by atoms with E-state index in [1.165, 1.54) is 25.7 Å². The monoisotopic (exact) mass is 283 g/mol. The Hall–Kier alpha value is -0.580. The van der Waals surface area contributed by atoms with E-state index in [1.807, 2.05) is 6.20 Å². The van der Waals surface area contributed by atoms with Crippen LogP contribution >= 0.6 is 22.9 Å². The van der Waals surface area contributed by atoms with Crippen molar-refractivity contribution in [1.29, 1.82) is 0 Å².